The minimum absolute atomic E-state index is 0.0966. The van der Waals surface area contributed by atoms with Crippen molar-refractivity contribution in [2.75, 3.05) is 50.8 Å². The van der Waals surface area contributed by atoms with Crippen molar-refractivity contribution in [2.24, 2.45) is 0 Å². The third-order valence-electron chi connectivity index (χ3n) is 6.74. The van der Waals surface area contributed by atoms with E-state index in [4.69, 9.17) is 4.74 Å². The zero-order valence-electron chi connectivity index (χ0n) is 18.9. The van der Waals surface area contributed by atoms with Gasteiger partial charge in [-0.2, -0.15) is 0 Å². The number of hydrogen-bond acceptors (Lipinski definition) is 5. The van der Waals surface area contributed by atoms with Gasteiger partial charge in [-0.3, -0.25) is 19.5 Å². The number of nitrogens with zero attached hydrogens (tertiary/aromatic N) is 4. The van der Waals surface area contributed by atoms with Crippen LogP contribution in [0.1, 0.15) is 31.7 Å². The third kappa shape index (κ3) is 5.34. The fraction of sp³-hybridized carbons (Fsp3) is 0.520. The van der Waals surface area contributed by atoms with Gasteiger partial charge in [0.2, 0.25) is 5.91 Å². The molecule has 1 aromatic carbocycles. The zero-order chi connectivity index (χ0) is 22.4. The monoisotopic (exact) mass is 440 g/mol. The summed E-state index contributed by atoms with van der Waals surface area (Å²) < 4.78 is 19.3. The molecule has 0 spiro atoms. The quantitative estimate of drug-likeness (QED) is 0.661. The van der Waals surface area contributed by atoms with Crippen LogP contribution in [-0.2, 0) is 16.1 Å². The molecule has 0 atom stereocenters. The number of pyridine rings is 1. The molecule has 2 aromatic rings. The van der Waals surface area contributed by atoms with Crippen LogP contribution in [0.15, 0.2) is 48.7 Å². The van der Waals surface area contributed by atoms with Crippen LogP contribution in [0.3, 0.4) is 0 Å². The van der Waals surface area contributed by atoms with Crippen molar-refractivity contribution in [3.63, 3.8) is 0 Å². The zero-order valence-corrected chi connectivity index (χ0v) is 18.9. The Kier molecular flexibility index (Phi) is 7.50. The lowest BCUT2D eigenvalue weighted by atomic mass is 9.86. The lowest BCUT2D eigenvalue weighted by Gasteiger charge is -2.51. The topological polar surface area (TPSA) is 48.9 Å². The van der Waals surface area contributed by atoms with Gasteiger partial charge in [-0.05, 0) is 42.7 Å². The van der Waals surface area contributed by atoms with Gasteiger partial charge in [0.05, 0.1) is 0 Å². The number of piperazine rings is 1. The number of rotatable bonds is 7. The molecule has 0 aliphatic carbocycles. The summed E-state index contributed by atoms with van der Waals surface area (Å²) in [5.41, 5.74) is 0.889. The number of amides is 1. The molecule has 2 fully saturated rings. The van der Waals surface area contributed by atoms with Crippen LogP contribution in [0.5, 0.6) is 0 Å². The number of ether oxygens (including phenoxy) is 1. The van der Waals surface area contributed by atoms with Gasteiger partial charge in [0.25, 0.3) is 0 Å². The second-order valence-corrected chi connectivity index (χ2v) is 8.75. The van der Waals surface area contributed by atoms with Crippen LogP contribution in [0.25, 0.3) is 0 Å². The maximum atomic E-state index is 13.6. The Morgan fingerprint density at radius 1 is 1.12 bits per heavy atom. The Hall–Kier alpha value is -2.35. The molecule has 1 amide bonds. The lowest BCUT2D eigenvalue weighted by molar-refractivity contribution is -0.119. The molecule has 32 heavy (non-hydrogen) atoms. The van der Waals surface area contributed by atoms with Gasteiger partial charge < -0.3 is 4.74 Å². The molecule has 2 aliphatic heterocycles. The highest BCUT2D eigenvalue weighted by Crippen LogP contribution is 2.32. The van der Waals surface area contributed by atoms with Gasteiger partial charge in [0.1, 0.15) is 11.6 Å². The van der Waals surface area contributed by atoms with E-state index in [0.717, 1.165) is 56.9 Å². The van der Waals surface area contributed by atoms with Crippen LogP contribution in [0.4, 0.5) is 10.2 Å². The number of halogens is 1. The minimum Gasteiger partial charge on any atom is -0.381 e. The summed E-state index contributed by atoms with van der Waals surface area (Å²) >= 11 is 0. The van der Waals surface area contributed by atoms with E-state index in [-0.39, 0.29) is 17.3 Å². The van der Waals surface area contributed by atoms with Gasteiger partial charge in [0, 0.05) is 70.6 Å². The Labute approximate surface area is 190 Å². The minimum atomic E-state index is -0.183. The van der Waals surface area contributed by atoms with E-state index >= 15 is 0 Å². The van der Waals surface area contributed by atoms with Crippen molar-refractivity contribution in [3.8, 4) is 0 Å². The fourth-order valence-corrected chi connectivity index (χ4v) is 4.90. The first-order chi connectivity index (χ1) is 15.6. The SMILES string of the molecule is CCC(=O)N(CC1(N2CCN(Cc3cccc(F)c3)CC2)CCOCC1)c1ccccn1. The molecule has 0 unspecified atom stereocenters. The first-order valence-electron chi connectivity index (χ1n) is 11.6. The van der Waals surface area contributed by atoms with Crippen LogP contribution in [0, 0.1) is 5.82 Å². The summed E-state index contributed by atoms with van der Waals surface area (Å²) in [5, 5.41) is 0. The Balaban J connectivity index is 1.47. The van der Waals surface area contributed by atoms with Gasteiger partial charge in [0.15, 0.2) is 0 Å². The van der Waals surface area contributed by atoms with Gasteiger partial charge in [-0.25, -0.2) is 9.37 Å². The van der Waals surface area contributed by atoms with Crippen molar-refractivity contribution in [3.05, 3.63) is 60.0 Å². The highest BCUT2D eigenvalue weighted by Gasteiger charge is 2.42. The number of aromatic nitrogens is 1. The third-order valence-corrected chi connectivity index (χ3v) is 6.74. The largest absolute Gasteiger partial charge is 0.381 e. The van der Waals surface area contributed by atoms with E-state index < -0.39 is 0 Å². The second kappa shape index (κ2) is 10.5. The molecule has 7 heteroatoms. The second-order valence-electron chi connectivity index (χ2n) is 8.75. The first-order valence-corrected chi connectivity index (χ1v) is 11.6. The molecule has 0 N–H and O–H groups in total. The van der Waals surface area contributed by atoms with Crippen molar-refractivity contribution >= 4 is 11.7 Å². The molecule has 0 radical (unpaired) electrons. The highest BCUT2D eigenvalue weighted by atomic mass is 19.1. The number of carbonyl (C=O) groups is 1. The summed E-state index contributed by atoms with van der Waals surface area (Å²) in [7, 11) is 0. The molecule has 0 bridgehead atoms. The smallest absolute Gasteiger partial charge is 0.227 e. The van der Waals surface area contributed by atoms with E-state index in [0.29, 0.717) is 26.2 Å². The molecular formula is C25H33FN4O2. The molecular weight excluding hydrogens is 407 g/mol. The van der Waals surface area contributed by atoms with E-state index in [2.05, 4.69) is 14.8 Å². The van der Waals surface area contributed by atoms with Crippen LogP contribution < -0.4 is 4.90 Å². The number of carbonyl (C=O) groups excluding carboxylic acids is 1. The van der Waals surface area contributed by atoms with Crippen LogP contribution >= 0.6 is 0 Å². The molecule has 6 nitrogen and oxygen atoms in total. The maximum Gasteiger partial charge on any atom is 0.227 e. The number of anilines is 1. The van der Waals surface area contributed by atoms with E-state index in [1.165, 1.54) is 6.07 Å². The molecule has 1 aromatic heterocycles. The molecule has 4 rings (SSSR count). The van der Waals surface area contributed by atoms with E-state index in [1.54, 1.807) is 18.3 Å². The first kappa shape index (κ1) is 22.8. The van der Waals surface area contributed by atoms with Gasteiger partial charge in [-0.15, -0.1) is 0 Å². The standard InChI is InChI=1S/C25H33FN4O2/c1-2-24(31)30(23-8-3-4-11-27-23)20-25(9-16-32-17-10-25)29-14-12-28(13-15-29)19-21-6-5-7-22(26)18-21/h3-8,11,18H,2,9-10,12-17,19-20H2,1H3. The highest BCUT2D eigenvalue weighted by molar-refractivity contribution is 5.92. The van der Waals surface area contributed by atoms with Crippen LogP contribution in [-0.4, -0.2) is 72.2 Å². The lowest BCUT2D eigenvalue weighted by Crippen LogP contribution is -2.63. The Morgan fingerprint density at radius 3 is 2.56 bits per heavy atom. The average Bonchev–Trinajstić information content (AvgIpc) is 2.84. The van der Waals surface area contributed by atoms with Crippen molar-refractivity contribution in [1.29, 1.82) is 0 Å². The molecule has 2 saturated heterocycles. The predicted molar refractivity (Wildman–Crippen MR) is 123 cm³/mol. The molecule has 172 valence electrons. The van der Waals surface area contributed by atoms with Crippen molar-refractivity contribution in [2.45, 2.75) is 38.3 Å². The summed E-state index contributed by atoms with van der Waals surface area (Å²) in [6.07, 6.45) is 3.99. The predicted octanol–water partition coefficient (Wildman–Crippen LogP) is 3.33. The van der Waals surface area contributed by atoms with Gasteiger partial charge >= 0.3 is 0 Å². The van der Waals surface area contributed by atoms with Crippen molar-refractivity contribution in [1.82, 2.24) is 14.8 Å². The van der Waals surface area contributed by atoms with Gasteiger partial charge in [-0.1, -0.05) is 25.1 Å². The number of hydrogen-bond donors (Lipinski definition) is 0. The maximum absolute atomic E-state index is 13.6. The summed E-state index contributed by atoms with van der Waals surface area (Å²) in [6.45, 7) is 8.39. The fourth-order valence-electron chi connectivity index (χ4n) is 4.90. The van der Waals surface area contributed by atoms with Crippen LogP contribution in [0.2, 0.25) is 0 Å². The summed E-state index contributed by atoms with van der Waals surface area (Å²) in [5.74, 6) is 0.631. The van der Waals surface area contributed by atoms with E-state index in [9.17, 15) is 9.18 Å². The number of benzene rings is 1. The van der Waals surface area contributed by atoms with Crippen molar-refractivity contribution < 1.29 is 13.9 Å². The summed E-state index contributed by atoms with van der Waals surface area (Å²) in [4.78, 5) is 24.2. The normalized spacial score (nSPS) is 19.6. The Bertz CT molecular complexity index is 881. The van der Waals surface area contributed by atoms with E-state index in [1.807, 2.05) is 36.1 Å². The average molecular weight is 441 g/mol. The summed E-state index contributed by atoms with van der Waals surface area (Å²) in [6, 6.07) is 12.6. The molecule has 0 saturated carbocycles. The Morgan fingerprint density at radius 2 is 1.91 bits per heavy atom. The molecule has 3 heterocycles. The molecule has 2 aliphatic rings.